The largest absolute Gasteiger partial charge is 0.339 e. The lowest BCUT2D eigenvalue weighted by Gasteiger charge is -2.23. The first kappa shape index (κ1) is 13.8. The molecule has 4 rings (SSSR count). The summed E-state index contributed by atoms with van der Waals surface area (Å²) in [6.45, 7) is 2.05. The van der Waals surface area contributed by atoms with Crippen LogP contribution in [0.15, 0.2) is 59.5 Å². The molecule has 1 aliphatic heterocycles. The zero-order valence-corrected chi connectivity index (χ0v) is 12.9. The number of rotatable bonds is 2. The summed E-state index contributed by atoms with van der Waals surface area (Å²) in [7, 11) is 2.03. The van der Waals surface area contributed by atoms with Crippen molar-refractivity contribution in [2.75, 3.05) is 7.05 Å². The summed E-state index contributed by atoms with van der Waals surface area (Å²) < 4.78 is 13.5. The van der Waals surface area contributed by atoms with Crippen molar-refractivity contribution in [1.29, 1.82) is 0 Å². The third-order valence-corrected chi connectivity index (χ3v) is 4.41. The Hall–Kier alpha value is -2.79. The van der Waals surface area contributed by atoms with E-state index in [1.807, 2.05) is 31.6 Å². The summed E-state index contributed by atoms with van der Waals surface area (Å²) >= 11 is 0. The van der Waals surface area contributed by atoms with E-state index >= 15 is 0 Å². The Morgan fingerprint density at radius 1 is 1.13 bits per heavy atom. The van der Waals surface area contributed by atoms with Gasteiger partial charge in [0.25, 0.3) is 0 Å². The molecule has 114 valence electrons. The van der Waals surface area contributed by atoms with Gasteiger partial charge in [-0.2, -0.15) is 0 Å². The molecule has 3 heterocycles. The molecule has 0 saturated heterocycles. The average Bonchev–Trinajstić information content (AvgIpc) is 3.12. The molecule has 2 aromatic heterocycles. The Kier molecular flexibility index (Phi) is 2.92. The number of nitrogens with one attached hydrogen (secondary N) is 1. The minimum atomic E-state index is -0.239. The van der Waals surface area contributed by atoms with E-state index < -0.39 is 0 Å². The monoisotopic (exact) mass is 307 g/mol. The molecular weight excluding hydrogens is 291 g/mol. The maximum absolute atomic E-state index is 13.1. The van der Waals surface area contributed by atoms with E-state index in [0.717, 1.165) is 33.7 Å². The molecule has 0 spiro atoms. The lowest BCUT2D eigenvalue weighted by Crippen LogP contribution is -2.34. The van der Waals surface area contributed by atoms with Gasteiger partial charge in [-0.3, -0.25) is 0 Å². The Balaban J connectivity index is 1.80. The fourth-order valence-electron chi connectivity index (χ4n) is 2.81. The number of aromatic nitrogens is 2. The molecule has 1 aliphatic rings. The number of fused-ring (bicyclic) bond motifs is 1. The molecule has 0 bridgehead atoms. The summed E-state index contributed by atoms with van der Waals surface area (Å²) in [6.07, 6.45) is 5.67. The normalized spacial score (nSPS) is 20.2. The number of benzene rings is 1. The quantitative estimate of drug-likeness (QED) is 0.708. The molecule has 0 radical (unpaired) electrons. The van der Waals surface area contributed by atoms with Gasteiger partial charge >= 0.3 is 0 Å². The van der Waals surface area contributed by atoms with E-state index in [2.05, 4.69) is 28.1 Å². The van der Waals surface area contributed by atoms with Crippen LogP contribution in [-0.4, -0.2) is 23.2 Å². The van der Waals surface area contributed by atoms with Gasteiger partial charge in [-0.15, -0.1) is 4.59 Å². The van der Waals surface area contributed by atoms with Gasteiger partial charge in [-0.1, -0.05) is 5.10 Å². The first-order valence-electron chi connectivity index (χ1n) is 7.41. The third-order valence-electron chi connectivity index (χ3n) is 4.41. The third kappa shape index (κ3) is 2.17. The summed E-state index contributed by atoms with van der Waals surface area (Å²) in [5.74, 6) is -0.239. The lowest BCUT2D eigenvalue weighted by atomic mass is 10.1. The summed E-state index contributed by atoms with van der Waals surface area (Å²) in [5.41, 5.74) is 4.81. The number of aromatic amines is 1. The molecule has 4 nitrogen and oxygen atoms in total. The maximum Gasteiger partial charge on any atom is 0.183 e. The van der Waals surface area contributed by atoms with E-state index in [0.29, 0.717) is 4.59 Å². The highest BCUT2D eigenvalue weighted by Crippen LogP contribution is 2.32. The molecule has 3 aromatic rings. The van der Waals surface area contributed by atoms with Crippen molar-refractivity contribution in [2.45, 2.75) is 6.92 Å². The van der Waals surface area contributed by atoms with Gasteiger partial charge in [0.05, 0.1) is 12.4 Å². The van der Waals surface area contributed by atoms with Crippen LogP contribution in [0.4, 0.5) is 10.1 Å². The number of H-pyrrole nitrogens is 1. The van der Waals surface area contributed by atoms with Crippen LogP contribution < -0.4 is 4.59 Å². The molecule has 1 atom stereocenters. The fraction of sp³-hybridized carbons (Fsp3) is 0.111. The molecular formula is C18H16FN4+. The number of quaternary nitrogens is 1. The van der Waals surface area contributed by atoms with Crippen LogP contribution in [0.3, 0.4) is 0 Å². The fourth-order valence-corrected chi connectivity index (χ4v) is 2.81. The summed E-state index contributed by atoms with van der Waals surface area (Å²) in [6, 6.07) is 10.5. The van der Waals surface area contributed by atoms with Gasteiger partial charge in [-0.25, -0.2) is 9.37 Å². The van der Waals surface area contributed by atoms with Crippen LogP contribution in [0, 0.1) is 5.82 Å². The van der Waals surface area contributed by atoms with Crippen LogP contribution >= 0.6 is 0 Å². The molecule has 5 heteroatoms. The van der Waals surface area contributed by atoms with Crippen LogP contribution in [0.5, 0.6) is 0 Å². The average molecular weight is 307 g/mol. The Morgan fingerprint density at radius 2 is 1.91 bits per heavy atom. The van der Waals surface area contributed by atoms with Crippen molar-refractivity contribution >= 4 is 22.9 Å². The Morgan fingerprint density at radius 3 is 2.61 bits per heavy atom. The first-order valence-corrected chi connectivity index (χ1v) is 7.41. The predicted molar refractivity (Wildman–Crippen MR) is 91.5 cm³/mol. The first-order chi connectivity index (χ1) is 11.1. The van der Waals surface area contributed by atoms with E-state index in [1.165, 1.54) is 12.1 Å². The van der Waals surface area contributed by atoms with Crippen LogP contribution in [0.2, 0.25) is 0 Å². The summed E-state index contributed by atoms with van der Waals surface area (Å²) in [5, 5.41) is 5.54. The van der Waals surface area contributed by atoms with Crippen molar-refractivity contribution in [3.05, 3.63) is 60.2 Å². The number of pyridine rings is 1. The van der Waals surface area contributed by atoms with E-state index in [1.54, 1.807) is 12.1 Å². The number of hydrogen-bond donors (Lipinski definition) is 1. The van der Waals surface area contributed by atoms with Crippen LogP contribution in [0.1, 0.15) is 6.92 Å². The standard InChI is InChI=1S/C18H16FN4/c1-12-7-8-21-23(12,2)16-9-14-10-17(22-18(14)20-11-16)13-3-5-15(19)6-4-13/h3-11H,1-2H3,(H,20,22)/q+1. The smallest absolute Gasteiger partial charge is 0.183 e. The van der Waals surface area contributed by atoms with Gasteiger partial charge in [0.2, 0.25) is 0 Å². The highest BCUT2D eigenvalue weighted by Gasteiger charge is 2.31. The van der Waals surface area contributed by atoms with Gasteiger partial charge in [0.1, 0.15) is 24.2 Å². The summed E-state index contributed by atoms with van der Waals surface area (Å²) in [4.78, 5) is 7.80. The second kappa shape index (κ2) is 4.86. The molecule has 1 N–H and O–H groups in total. The molecule has 0 amide bonds. The van der Waals surface area contributed by atoms with E-state index in [4.69, 9.17) is 0 Å². The van der Waals surface area contributed by atoms with Gasteiger partial charge in [-0.05, 0) is 35.9 Å². The second-order valence-corrected chi connectivity index (χ2v) is 5.85. The number of halogens is 1. The van der Waals surface area contributed by atoms with Crippen molar-refractivity contribution in [2.24, 2.45) is 5.10 Å². The highest BCUT2D eigenvalue weighted by atomic mass is 19.1. The Labute approximate surface area is 133 Å². The van der Waals surface area contributed by atoms with E-state index in [9.17, 15) is 4.39 Å². The minimum absolute atomic E-state index is 0.239. The molecule has 23 heavy (non-hydrogen) atoms. The topological polar surface area (TPSA) is 41.0 Å². The molecule has 0 aliphatic carbocycles. The van der Waals surface area contributed by atoms with Gasteiger partial charge in [0.15, 0.2) is 5.69 Å². The van der Waals surface area contributed by atoms with Crippen molar-refractivity contribution in [1.82, 2.24) is 14.6 Å². The predicted octanol–water partition coefficient (Wildman–Crippen LogP) is 4.21. The second-order valence-electron chi connectivity index (χ2n) is 5.85. The number of hydrogen-bond acceptors (Lipinski definition) is 2. The van der Waals surface area contributed by atoms with Crippen LogP contribution in [-0.2, 0) is 0 Å². The van der Waals surface area contributed by atoms with Crippen molar-refractivity contribution in [3.8, 4) is 11.3 Å². The zero-order chi connectivity index (χ0) is 16.0. The van der Waals surface area contributed by atoms with Crippen molar-refractivity contribution in [3.63, 3.8) is 0 Å². The molecule has 1 unspecified atom stereocenters. The molecule has 0 saturated carbocycles. The van der Waals surface area contributed by atoms with Gasteiger partial charge < -0.3 is 4.98 Å². The molecule has 1 aromatic carbocycles. The van der Waals surface area contributed by atoms with Gasteiger partial charge in [0, 0.05) is 30.1 Å². The van der Waals surface area contributed by atoms with Crippen LogP contribution in [0.25, 0.3) is 22.3 Å². The molecule has 0 fully saturated rings. The number of allylic oxidation sites excluding steroid dienone is 2. The number of nitrogens with zero attached hydrogens (tertiary/aromatic N) is 3. The van der Waals surface area contributed by atoms with Crippen molar-refractivity contribution < 1.29 is 4.39 Å². The maximum atomic E-state index is 13.1. The minimum Gasteiger partial charge on any atom is -0.339 e. The SMILES string of the molecule is CC1=CC=N[N+]1(C)c1cnc2[nH]c(-c3ccc(F)cc3)cc2c1. The zero-order valence-electron chi connectivity index (χ0n) is 12.9. The lowest BCUT2D eigenvalue weighted by molar-refractivity contribution is 0.445. The Bertz CT molecular complexity index is 953. The van der Waals surface area contributed by atoms with E-state index in [-0.39, 0.29) is 5.82 Å². The highest BCUT2D eigenvalue weighted by molar-refractivity contribution is 5.86.